The monoisotopic (exact) mass is 637 g/mol. The summed E-state index contributed by atoms with van der Waals surface area (Å²) >= 11 is 0. The lowest BCUT2D eigenvalue weighted by Gasteiger charge is -2.42. The van der Waals surface area contributed by atoms with E-state index >= 15 is 4.39 Å². The van der Waals surface area contributed by atoms with Crippen molar-refractivity contribution >= 4 is 43.4 Å². The Bertz CT molecular complexity index is 1920. The Hall–Kier alpha value is -4.10. The van der Waals surface area contributed by atoms with Crippen LogP contribution < -0.4 is 9.64 Å². The number of rotatable bonds is 6. The van der Waals surface area contributed by atoms with E-state index in [0.717, 1.165) is 35.4 Å². The highest BCUT2D eigenvalue weighted by atomic mass is 32.2. The lowest BCUT2D eigenvalue weighted by Crippen LogP contribution is -2.57. The number of halogens is 1. The zero-order valence-electron chi connectivity index (χ0n) is 26.1. The summed E-state index contributed by atoms with van der Waals surface area (Å²) in [7, 11) is -2.41. The summed E-state index contributed by atoms with van der Waals surface area (Å²) in [4.78, 5) is 29.9. The maximum absolute atomic E-state index is 16.7. The van der Waals surface area contributed by atoms with Crippen LogP contribution in [0.4, 0.5) is 15.0 Å². The van der Waals surface area contributed by atoms with Gasteiger partial charge >= 0.3 is 6.09 Å². The van der Waals surface area contributed by atoms with Gasteiger partial charge in [-0.15, -0.1) is 0 Å². The van der Waals surface area contributed by atoms with Crippen molar-refractivity contribution in [3.8, 4) is 17.0 Å². The molecule has 13 heteroatoms. The van der Waals surface area contributed by atoms with Crippen LogP contribution in [-0.4, -0.2) is 85.3 Å². The van der Waals surface area contributed by atoms with Crippen molar-refractivity contribution in [2.75, 3.05) is 38.1 Å². The van der Waals surface area contributed by atoms with Crippen LogP contribution in [0, 0.1) is 12.7 Å². The average Bonchev–Trinajstić information content (AvgIpc) is 3.23. The van der Waals surface area contributed by atoms with Crippen molar-refractivity contribution in [2.24, 2.45) is 0 Å². The Balaban J connectivity index is 1.48. The zero-order valence-corrected chi connectivity index (χ0v) is 26.9. The molecule has 2 aromatic heterocycles. The predicted octanol–water partition coefficient (Wildman–Crippen LogP) is 5.27. The first kappa shape index (κ1) is 30.9. The Morgan fingerprint density at radius 1 is 1.11 bits per heavy atom. The highest BCUT2D eigenvalue weighted by Gasteiger charge is 2.45. The molecule has 2 saturated heterocycles. The van der Waals surface area contributed by atoms with E-state index in [4.69, 9.17) is 14.2 Å². The second-order valence-corrected chi connectivity index (χ2v) is 14.6. The second kappa shape index (κ2) is 11.4. The van der Waals surface area contributed by atoms with Crippen molar-refractivity contribution in [2.45, 2.75) is 63.4 Å². The lowest BCUT2D eigenvalue weighted by atomic mass is 9.96. The molecule has 45 heavy (non-hydrogen) atoms. The van der Waals surface area contributed by atoms with Crippen molar-refractivity contribution in [3.05, 3.63) is 47.9 Å². The SMILES string of the molecule is COCOc1cc(-c2ncc3c(N4CC5CCC(C4)N5C(=O)OC(C)(C)C)nc(S(C)(=O)=O)nc3c2F)c2c(C)cccc2c1. The van der Waals surface area contributed by atoms with Gasteiger partial charge in [-0.2, -0.15) is 0 Å². The number of ether oxygens (including phenoxy) is 3. The number of carbonyl (C=O) groups is 1. The molecular weight excluding hydrogens is 601 g/mol. The third-order valence-electron chi connectivity index (χ3n) is 8.12. The Morgan fingerprint density at radius 3 is 2.47 bits per heavy atom. The number of benzene rings is 2. The zero-order chi connectivity index (χ0) is 32.3. The van der Waals surface area contributed by atoms with Gasteiger partial charge in [-0.1, -0.05) is 18.2 Å². The standard InChI is InChI=1S/C32H36FN5O6S/c1-18-8-7-9-19-12-22(43-17-42-5)13-23(25(18)19)27-26(33)28-24(14-34-27)29(36-30(35-28)45(6,40)41)37-15-20-10-11-21(16-37)38(20)31(39)44-32(2,3)4/h7-9,12-14,20-21H,10-11,15-17H2,1-6H3. The lowest BCUT2D eigenvalue weighted by molar-refractivity contribution is 0.0123. The average molecular weight is 638 g/mol. The number of aryl methyl sites for hydroxylation is 1. The van der Waals surface area contributed by atoms with Crippen LogP contribution in [0.1, 0.15) is 39.2 Å². The molecule has 4 aromatic rings. The van der Waals surface area contributed by atoms with Crippen molar-refractivity contribution < 1.29 is 31.8 Å². The van der Waals surface area contributed by atoms with Crippen LogP contribution in [0.5, 0.6) is 5.75 Å². The quantitative estimate of drug-likeness (QED) is 0.204. The third kappa shape index (κ3) is 5.86. The number of anilines is 1. The minimum absolute atomic E-state index is 0.00186. The van der Waals surface area contributed by atoms with Gasteiger partial charge < -0.3 is 19.1 Å². The van der Waals surface area contributed by atoms with Gasteiger partial charge in [0.05, 0.1) is 17.5 Å². The summed E-state index contributed by atoms with van der Waals surface area (Å²) in [5.41, 5.74) is 0.587. The number of fused-ring (bicyclic) bond motifs is 4. The minimum Gasteiger partial charge on any atom is -0.468 e. The van der Waals surface area contributed by atoms with Crippen LogP contribution in [0.2, 0.25) is 0 Å². The Kier molecular flexibility index (Phi) is 7.80. The molecule has 6 rings (SSSR count). The molecule has 2 unspecified atom stereocenters. The number of pyridine rings is 1. The van der Waals surface area contributed by atoms with E-state index in [-0.39, 0.29) is 47.4 Å². The number of piperazine rings is 1. The van der Waals surface area contributed by atoms with Crippen LogP contribution in [-0.2, 0) is 19.3 Å². The first-order valence-electron chi connectivity index (χ1n) is 14.7. The first-order chi connectivity index (χ1) is 21.2. The molecule has 4 heterocycles. The molecule has 2 aliphatic heterocycles. The Morgan fingerprint density at radius 2 is 1.82 bits per heavy atom. The van der Waals surface area contributed by atoms with E-state index in [2.05, 4.69) is 15.0 Å². The van der Waals surface area contributed by atoms with Gasteiger partial charge in [0.15, 0.2) is 12.6 Å². The molecule has 0 N–H and O–H groups in total. The normalized spacial score (nSPS) is 18.6. The van der Waals surface area contributed by atoms with E-state index in [1.165, 1.54) is 13.3 Å². The van der Waals surface area contributed by atoms with Gasteiger partial charge in [0.1, 0.15) is 28.4 Å². The summed E-state index contributed by atoms with van der Waals surface area (Å²) < 4.78 is 58.7. The fourth-order valence-corrected chi connectivity index (χ4v) is 6.80. The van der Waals surface area contributed by atoms with Crippen molar-refractivity contribution in [1.82, 2.24) is 19.9 Å². The highest BCUT2D eigenvalue weighted by molar-refractivity contribution is 7.90. The number of hydrogen-bond acceptors (Lipinski definition) is 10. The van der Waals surface area contributed by atoms with Crippen LogP contribution in [0.25, 0.3) is 32.9 Å². The molecule has 0 spiro atoms. The number of hydrogen-bond donors (Lipinski definition) is 0. The van der Waals surface area contributed by atoms with Crippen LogP contribution in [0.15, 0.2) is 41.7 Å². The molecular formula is C32H36FN5O6S. The Labute approximate surface area is 261 Å². The molecule has 0 saturated carbocycles. The van der Waals surface area contributed by atoms with E-state index in [1.54, 1.807) is 11.0 Å². The van der Waals surface area contributed by atoms with Crippen LogP contribution >= 0.6 is 0 Å². The van der Waals surface area contributed by atoms with Crippen molar-refractivity contribution in [1.29, 1.82) is 0 Å². The predicted molar refractivity (Wildman–Crippen MR) is 168 cm³/mol. The summed E-state index contributed by atoms with van der Waals surface area (Å²) in [6.07, 6.45) is 3.62. The van der Waals surface area contributed by atoms with E-state index < -0.39 is 26.4 Å². The van der Waals surface area contributed by atoms with E-state index in [1.807, 2.05) is 56.9 Å². The molecule has 0 aliphatic carbocycles. The maximum Gasteiger partial charge on any atom is 0.410 e. The second-order valence-electron chi connectivity index (χ2n) is 12.7. The number of aromatic nitrogens is 3. The molecule has 0 radical (unpaired) electrons. The number of carbonyl (C=O) groups excluding carboxylic acids is 1. The molecule has 2 aliphatic rings. The van der Waals surface area contributed by atoms with Gasteiger partial charge in [-0.25, -0.2) is 27.6 Å². The smallest absolute Gasteiger partial charge is 0.410 e. The number of amides is 1. The van der Waals surface area contributed by atoms with Gasteiger partial charge in [-0.3, -0.25) is 9.88 Å². The third-order valence-corrected chi connectivity index (χ3v) is 8.96. The first-order valence-corrected chi connectivity index (χ1v) is 16.6. The van der Waals surface area contributed by atoms with Gasteiger partial charge in [0.25, 0.3) is 0 Å². The number of methoxy groups -OCH3 is 1. The van der Waals surface area contributed by atoms with Crippen molar-refractivity contribution in [3.63, 3.8) is 0 Å². The van der Waals surface area contributed by atoms with E-state index in [9.17, 15) is 13.2 Å². The largest absolute Gasteiger partial charge is 0.468 e. The number of sulfone groups is 1. The van der Waals surface area contributed by atoms with Gasteiger partial charge in [0.2, 0.25) is 15.0 Å². The van der Waals surface area contributed by atoms with E-state index in [0.29, 0.717) is 24.4 Å². The molecule has 2 bridgehead atoms. The fourth-order valence-electron chi connectivity index (χ4n) is 6.29. The summed E-state index contributed by atoms with van der Waals surface area (Å²) in [6.45, 7) is 8.15. The topological polar surface area (TPSA) is 124 Å². The molecule has 2 atom stereocenters. The molecule has 2 aromatic carbocycles. The van der Waals surface area contributed by atoms with Gasteiger partial charge in [-0.05, 0) is 69.0 Å². The summed E-state index contributed by atoms with van der Waals surface area (Å²) in [5, 5.41) is 1.39. The molecule has 11 nitrogen and oxygen atoms in total. The molecule has 238 valence electrons. The van der Waals surface area contributed by atoms with Crippen LogP contribution in [0.3, 0.4) is 0 Å². The fraction of sp³-hybridized carbons (Fsp3) is 0.438. The highest BCUT2D eigenvalue weighted by Crippen LogP contribution is 2.40. The minimum atomic E-state index is -3.92. The maximum atomic E-state index is 16.7. The number of nitrogens with zero attached hydrogens (tertiary/aromatic N) is 5. The van der Waals surface area contributed by atoms with Gasteiger partial charge in [0, 0.05) is 38.2 Å². The molecule has 2 fully saturated rings. The summed E-state index contributed by atoms with van der Waals surface area (Å²) in [5.74, 6) is -0.0491. The molecule has 1 amide bonds. The summed E-state index contributed by atoms with van der Waals surface area (Å²) in [6, 6.07) is 8.92.